The molecular formula is C8H11NO3. The number of carboxylic acids is 1. The van der Waals surface area contributed by atoms with E-state index >= 15 is 0 Å². The van der Waals surface area contributed by atoms with Gasteiger partial charge in [-0.2, -0.15) is 0 Å². The van der Waals surface area contributed by atoms with Gasteiger partial charge in [0.25, 0.3) is 0 Å². The first-order chi connectivity index (χ1) is 5.67. The fraction of sp³-hybridized carbons (Fsp3) is 0.750. The maximum atomic E-state index is 11.2. The Morgan fingerprint density at radius 2 is 2.25 bits per heavy atom. The van der Waals surface area contributed by atoms with E-state index in [1.807, 2.05) is 0 Å². The molecule has 2 saturated heterocycles. The molecule has 0 saturated carbocycles. The van der Waals surface area contributed by atoms with Crippen LogP contribution in [0.15, 0.2) is 0 Å². The maximum Gasteiger partial charge on any atom is 0.329 e. The number of nitrogens with zero attached hydrogens (tertiary/aromatic N) is 1. The number of carboxylic acid groups (broad SMARTS) is 1. The Morgan fingerprint density at radius 1 is 1.50 bits per heavy atom. The average Bonchev–Trinajstić information content (AvgIpc) is 2.53. The Morgan fingerprint density at radius 3 is 2.83 bits per heavy atom. The molecule has 0 unspecified atom stereocenters. The monoisotopic (exact) mass is 169 g/mol. The lowest BCUT2D eigenvalue weighted by molar-refractivity contribution is -0.151. The van der Waals surface area contributed by atoms with E-state index in [0.717, 1.165) is 6.42 Å². The second-order valence-electron chi connectivity index (χ2n) is 3.49. The van der Waals surface area contributed by atoms with Gasteiger partial charge in [-0.1, -0.05) is 0 Å². The topological polar surface area (TPSA) is 57.6 Å². The van der Waals surface area contributed by atoms with Crippen LogP contribution in [0.25, 0.3) is 0 Å². The van der Waals surface area contributed by atoms with E-state index in [0.29, 0.717) is 25.8 Å². The Hall–Kier alpha value is -1.06. The van der Waals surface area contributed by atoms with Crippen molar-refractivity contribution in [2.75, 3.05) is 6.54 Å². The van der Waals surface area contributed by atoms with E-state index < -0.39 is 11.5 Å². The molecule has 66 valence electrons. The average molecular weight is 169 g/mol. The summed E-state index contributed by atoms with van der Waals surface area (Å²) >= 11 is 0. The molecule has 0 aromatic heterocycles. The van der Waals surface area contributed by atoms with E-state index in [9.17, 15) is 9.59 Å². The second-order valence-corrected chi connectivity index (χ2v) is 3.49. The Bertz CT molecular complexity index is 251. The molecule has 1 atom stereocenters. The van der Waals surface area contributed by atoms with Gasteiger partial charge < -0.3 is 10.0 Å². The van der Waals surface area contributed by atoms with Gasteiger partial charge in [-0.25, -0.2) is 4.79 Å². The number of hydrogen-bond acceptors (Lipinski definition) is 2. The van der Waals surface area contributed by atoms with Gasteiger partial charge in [-0.3, -0.25) is 4.79 Å². The number of hydrogen-bond donors (Lipinski definition) is 1. The summed E-state index contributed by atoms with van der Waals surface area (Å²) in [6.07, 6.45) is 2.37. The van der Waals surface area contributed by atoms with Crippen molar-refractivity contribution in [3.8, 4) is 0 Å². The molecule has 1 N–H and O–H groups in total. The first kappa shape index (κ1) is 7.58. The zero-order valence-corrected chi connectivity index (χ0v) is 6.75. The van der Waals surface area contributed by atoms with Crippen molar-refractivity contribution in [1.29, 1.82) is 0 Å². The summed E-state index contributed by atoms with van der Waals surface area (Å²) in [7, 11) is 0. The third-order valence-electron chi connectivity index (χ3n) is 2.94. The van der Waals surface area contributed by atoms with Crippen LogP contribution in [-0.2, 0) is 9.59 Å². The summed E-state index contributed by atoms with van der Waals surface area (Å²) < 4.78 is 0. The van der Waals surface area contributed by atoms with Crippen molar-refractivity contribution in [2.24, 2.45) is 0 Å². The van der Waals surface area contributed by atoms with Crippen molar-refractivity contribution in [1.82, 2.24) is 4.90 Å². The van der Waals surface area contributed by atoms with Crippen LogP contribution >= 0.6 is 0 Å². The van der Waals surface area contributed by atoms with Crippen molar-refractivity contribution in [2.45, 2.75) is 31.2 Å². The molecule has 2 heterocycles. The highest BCUT2D eigenvalue weighted by Crippen LogP contribution is 2.39. The number of carbonyl (C=O) groups is 2. The molecule has 0 aromatic rings. The minimum Gasteiger partial charge on any atom is -0.479 e. The smallest absolute Gasteiger partial charge is 0.329 e. The zero-order valence-electron chi connectivity index (χ0n) is 6.75. The van der Waals surface area contributed by atoms with Crippen molar-refractivity contribution >= 4 is 11.9 Å². The molecule has 2 aliphatic rings. The lowest BCUT2D eigenvalue weighted by atomic mass is 9.95. The molecule has 12 heavy (non-hydrogen) atoms. The van der Waals surface area contributed by atoms with Crippen molar-refractivity contribution in [3.63, 3.8) is 0 Å². The largest absolute Gasteiger partial charge is 0.479 e. The van der Waals surface area contributed by atoms with Crippen LogP contribution in [0.5, 0.6) is 0 Å². The fourth-order valence-corrected chi connectivity index (χ4v) is 2.28. The normalized spacial score (nSPS) is 34.0. The van der Waals surface area contributed by atoms with E-state index in [4.69, 9.17) is 5.11 Å². The summed E-state index contributed by atoms with van der Waals surface area (Å²) in [6.45, 7) is 0.630. The fourth-order valence-electron chi connectivity index (χ4n) is 2.28. The van der Waals surface area contributed by atoms with E-state index in [1.165, 1.54) is 4.90 Å². The molecule has 0 bridgehead atoms. The molecule has 0 spiro atoms. The van der Waals surface area contributed by atoms with Gasteiger partial charge >= 0.3 is 5.97 Å². The molecule has 4 heteroatoms. The highest BCUT2D eigenvalue weighted by atomic mass is 16.4. The summed E-state index contributed by atoms with van der Waals surface area (Å²) in [6, 6.07) is 0. The quantitative estimate of drug-likeness (QED) is 0.611. The highest BCUT2D eigenvalue weighted by molar-refractivity contribution is 5.91. The van der Waals surface area contributed by atoms with Gasteiger partial charge in [0.1, 0.15) is 5.54 Å². The molecule has 0 aliphatic carbocycles. The zero-order chi connectivity index (χ0) is 8.77. The standard InChI is InChI=1S/C8H11NO3/c10-6-2-4-8(7(11)12)3-1-5-9(6)8/h1-5H2,(H,11,12)/t8-/m0/s1. The highest BCUT2D eigenvalue weighted by Gasteiger charge is 2.53. The van der Waals surface area contributed by atoms with Crippen molar-refractivity contribution in [3.05, 3.63) is 0 Å². The van der Waals surface area contributed by atoms with Gasteiger partial charge in [0, 0.05) is 13.0 Å². The third-order valence-corrected chi connectivity index (χ3v) is 2.94. The first-order valence-corrected chi connectivity index (χ1v) is 4.21. The minimum absolute atomic E-state index is 0.00917. The summed E-state index contributed by atoms with van der Waals surface area (Å²) in [5.41, 5.74) is -0.822. The minimum atomic E-state index is -0.828. The maximum absolute atomic E-state index is 11.2. The number of rotatable bonds is 1. The lowest BCUT2D eigenvalue weighted by Crippen LogP contribution is -2.47. The van der Waals surface area contributed by atoms with Crippen LogP contribution in [0.3, 0.4) is 0 Å². The summed E-state index contributed by atoms with van der Waals surface area (Å²) in [4.78, 5) is 23.7. The van der Waals surface area contributed by atoms with Gasteiger partial charge in [0.05, 0.1) is 0 Å². The molecule has 2 fully saturated rings. The van der Waals surface area contributed by atoms with Gasteiger partial charge in [0.2, 0.25) is 5.91 Å². The van der Waals surface area contributed by atoms with E-state index in [-0.39, 0.29) is 5.91 Å². The molecule has 2 rings (SSSR count). The van der Waals surface area contributed by atoms with Gasteiger partial charge in [0.15, 0.2) is 0 Å². The predicted octanol–water partition coefficient (Wildman–Crippen LogP) is 0.226. The summed E-state index contributed by atoms with van der Waals surface area (Å²) in [5, 5.41) is 9.00. The number of fused-ring (bicyclic) bond motifs is 1. The summed E-state index contributed by atoms with van der Waals surface area (Å²) in [5.74, 6) is -0.819. The first-order valence-electron chi connectivity index (χ1n) is 4.21. The molecule has 4 nitrogen and oxygen atoms in total. The predicted molar refractivity (Wildman–Crippen MR) is 40.5 cm³/mol. The molecule has 1 amide bonds. The Kier molecular flexibility index (Phi) is 1.40. The van der Waals surface area contributed by atoms with E-state index in [1.54, 1.807) is 0 Å². The number of aliphatic carboxylic acids is 1. The molecular weight excluding hydrogens is 158 g/mol. The third kappa shape index (κ3) is 0.722. The second kappa shape index (κ2) is 2.21. The van der Waals surface area contributed by atoms with Crippen LogP contribution in [-0.4, -0.2) is 34.0 Å². The molecule has 2 aliphatic heterocycles. The van der Waals surface area contributed by atoms with Crippen LogP contribution < -0.4 is 0 Å². The molecule has 0 radical (unpaired) electrons. The van der Waals surface area contributed by atoms with Crippen LogP contribution in [0.2, 0.25) is 0 Å². The van der Waals surface area contributed by atoms with Crippen molar-refractivity contribution < 1.29 is 14.7 Å². The van der Waals surface area contributed by atoms with Crippen LogP contribution in [0.4, 0.5) is 0 Å². The van der Waals surface area contributed by atoms with Crippen LogP contribution in [0.1, 0.15) is 25.7 Å². The van der Waals surface area contributed by atoms with Gasteiger partial charge in [-0.05, 0) is 19.3 Å². The number of amides is 1. The van der Waals surface area contributed by atoms with Crippen LogP contribution in [0, 0.1) is 0 Å². The van der Waals surface area contributed by atoms with Gasteiger partial charge in [-0.15, -0.1) is 0 Å². The lowest BCUT2D eigenvalue weighted by Gasteiger charge is -2.26. The van der Waals surface area contributed by atoms with E-state index in [2.05, 4.69) is 0 Å². The SMILES string of the molecule is O=C1CC[C@]2(C(=O)O)CCCN12. The number of carbonyl (C=O) groups excluding carboxylic acids is 1. The Balaban J connectivity index is 2.35. The molecule has 0 aromatic carbocycles. The Labute approximate surface area is 70.2 Å².